The predicted molar refractivity (Wildman–Crippen MR) is 174 cm³/mol. The number of hydrogen-bond donors (Lipinski definition) is 2. The molecule has 0 aromatic heterocycles. The van der Waals surface area contributed by atoms with Crippen molar-refractivity contribution in [2.24, 2.45) is 0 Å². The van der Waals surface area contributed by atoms with Crippen LogP contribution in [0.5, 0.6) is 11.5 Å². The van der Waals surface area contributed by atoms with E-state index in [4.69, 9.17) is 19.3 Å². The molecule has 9 nitrogen and oxygen atoms in total. The standard InChI is InChI=1S/C37H45NO8/c1-44-33-19-14-28(15-20-33)37(27-10-6-5-7-11-27,29-16-21-34(45-2)22-17-29)46-26-30-24-32(40)25-38(30)35(41)13-9-4-3-8-12-31(39)18-23-36(42)43/h5-7,10-11,14-17,19-22,30,32,40H,3-4,8-9,12-13,18,23-26H2,1-2H3,(H,42,43)/t30-,32?/m0/s1. The molecule has 1 aliphatic rings. The number of ketones is 1. The lowest BCUT2D eigenvalue weighted by Crippen LogP contribution is -2.42. The van der Waals surface area contributed by atoms with Gasteiger partial charge in [-0.05, 0) is 60.2 Å². The van der Waals surface area contributed by atoms with Gasteiger partial charge in [0.2, 0.25) is 5.91 Å². The zero-order valence-electron chi connectivity index (χ0n) is 26.7. The lowest BCUT2D eigenvalue weighted by Gasteiger charge is -2.38. The highest BCUT2D eigenvalue weighted by molar-refractivity contribution is 5.82. The second kappa shape index (κ2) is 16.9. The molecule has 1 aliphatic heterocycles. The van der Waals surface area contributed by atoms with Crippen LogP contribution in [0.2, 0.25) is 0 Å². The molecule has 0 bridgehead atoms. The largest absolute Gasteiger partial charge is 0.497 e. The number of rotatable bonds is 18. The Balaban J connectivity index is 1.49. The van der Waals surface area contributed by atoms with Crippen molar-refractivity contribution in [1.82, 2.24) is 4.90 Å². The minimum absolute atomic E-state index is 0.0260. The zero-order valence-corrected chi connectivity index (χ0v) is 26.7. The number of methoxy groups -OCH3 is 2. The summed E-state index contributed by atoms with van der Waals surface area (Å²) in [6, 6.07) is 25.2. The molecule has 46 heavy (non-hydrogen) atoms. The molecule has 246 valence electrons. The third-order valence-corrected chi connectivity index (χ3v) is 8.59. The van der Waals surface area contributed by atoms with Crippen LogP contribution >= 0.6 is 0 Å². The number of amides is 1. The van der Waals surface area contributed by atoms with Crippen molar-refractivity contribution < 1.29 is 38.8 Å². The Hall–Kier alpha value is -4.21. The Kier molecular flexibility index (Phi) is 12.7. The van der Waals surface area contributed by atoms with Crippen LogP contribution in [0, 0.1) is 0 Å². The summed E-state index contributed by atoms with van der Waals surface area (Å²) in [7, 11) is 3.25. The Bertz CT molecular complexity index is 1360. The van der Waals surface area contributed by atoms with Crippen molar-refractivity contribution in [2.45, 2.75) is 75.5 Å². The van der Waals surface area contributed by atoms with E-state index in [-0.39, 0.29) is 43.7 Å². The van der Waals surface area contributed by atoms with Crippen molar-refractivity contribution in [2.75, 3.05) is 27.4 Å². The maximum atomic E-state index is 13.4. The van der Waals surface area contributed by atoms with E-state index < -0.39 is 17.7 Å². The Labute approximate surface area is 271 Å². The molecule has 1 heterocycles. The number of benzene rings is 3. The first kappa shape index (κ1) is 34.7. The van der Waals surface area contributed by atoms with Gasteiger partial charge in [0.15, 0.2) is 0 Å². The number of unbranched alkanes of at least 4 members (excludes halogenated alkanes) is 3. The van der Waals surface area contributed by atoms with Gasteiger partial charge in [0.05, 0.1) is 39.4 Å². The van der Waals surface area contributed by atoms with Gasteiger partial charge < -0.3 is 29.3 Å². The van der Waals surface area contributed by atoms with Gasteiger partial charge in [-0.25, -0.2) is 0 Å². The summed E-state index contributed by atoms with van der Waals surface area (Å²) in [6.07, 6.45) is 3.37. The van der Waals surface area contributed by atoms with Crippen LogP contribution in [0.25, 0.3) is 0 Å². The van der Waals surface area contributed by atoms with E-state index in [0.29, 0.717) is 32.1 Å². The summed E-state index contributed by atoms with van der Waals surface area (Å²) < 4.78 is 17.9. The summed E-state index contributed by atoms with van der Waals surface area (Å²) in [4.78, 5) is 37.6. The number of hydrogen-bond acceptors (Lipinski definition) is 7. The first-order valence-electron chi connectivity index (χ1n) is 16.0. The Morgan fingerprint density at radius 3 is 1.83 bits per heavy atom. The number of carbonyl (C=O) groups excluding carboxylic acids is 2. The van der Waals surface area contributed by atoms with E-state index in [9.17, 15) is 19.5 Å². The number of likely N-dealkylation sites (tertiary alicyclic amines) is 1. The SMILES string of the molecule is COc1ccc(C(OC[C@@H]2CC(O)CN2C(=O)CCCCCCC(=O)CCC(=O)O)(c2ccccc2)c2ccc(OC)cc2)cc1. The summed E-state index contributed by atoms with van der Waals surface area (Å²) in [5, 5.41) is 19.4. The third-order valence-electron chi connectivity index (χ3n) is 8.59. The van der Waals surface area contributed by atoms with Crippen LogP contribution in [0.15, 0.2) is 78.9 Å². The van der Waals surface area contributed by atoms with Gasteiger partial charge in [0.1, 0.15) is 22.9 Å². The molecule has 0 aliphatic carbocycles. The number of nitrogens with zero attached hydrogens (tertiary/aromatic N) is 1. The minimum Gasteiger partial charge on any atom is -0.497 e. The van der Waals surface area contributed by atoms with Crippen molar-refractivity contribution in [3.63, 3.8) is 0 Å². The highest BCUT2D eigenvalue weighted by Gasteiger charge is 2.41. The number of Topliss-reactive ketones (excluding diaryl/α,β-unsaturated/α-hetero) is 1. The first-order chi connectivity index (χ1) is 22.3. The number of β-amino-alcohol motifs (C(OH)–C–C–N with tert-alkyl or cyclic N) is 1. The molecular formula is C37H45NO8. The maximum absolute atomic E-state index is 13.4. The fourth-order valence-electron chi connectivity index (χ4n) is 6.12. The first-order valence-corrected chi connectivity index (χ1v) is 16.0. The molecule has 0 saturated carbocycles. The monoisotopic (exact) mass is 631 g/mol. The van der Waals surface area contributed by atoms with E-state index in [1.165, 1.54) is 0 Å². The van der Waals surface area contributed by atoms with E-state index in [2.05, 4.69) is 0 Å². The Morgan fingerprint density at radius 1 is 0.739 bits per heavy atom. The normalized spacial score (nSPS) is 16.3. The summed E-state index contributed by atoms with van der Waals surface area (Å²) >= 11 is 0. The van der Waals surface area contributed by atoms with E-state index in [1.54, 1.807) is 19.1 Å². The van der Waals surface area contributed by atoms with E-state index >= 15 is 0 Å². The second-order valence-corrected chi connectivity index (χ2v) is 11.8. The second-order valence-electron chi connectivity index (χ2n) is 11.8. The topological polar surface area (TPSA) is 123 Å². The number of aliphatic carboxylic acids is 1. The third kappa shape index (κ3) is 8.95. The number of ether oxygens (including phenoxy) is 3. The fourth-order valence-corrected chi connectivity index (χ4v) is 6.12. The molecule has 1 saturated heterocycles. The number of carboxylic acids is 1. The van der Waals surface area contributed by atoms with Crippen molar-refractivity contribution in [3.05, 3.63) is 95.6 Å². The lowest BCUT2D eigenvalue weighted by molar-refractivity contribution is -0.138. The molecule has 0 spiro atoms. The fraction of sp³-hybridized carbons (Fsp3) is 0.432. The molecule has 9 heteroatoms. The molecule has 3 aromatic carbocycles. The summed E-state index contributed by atoms with van der Waals surface area (Å²) in [5.74, 6) is 0.418. The number of carboxylic acid groups (broad SMARTS) is 1. The average Bonchev–Trinajstić information content (AvgIpc) is 3.46. The molecule has 4 rings (SSSR count). The highest BCUT2D eigenvalue weighted by Crippen LogP contribution is 2.42. The van der Waals surface area contributed by atoms with Gasteiger partial charge in [-0.1, -0.05) is 67.4 Å². The van der Waals surface area contributed by atoms with Crippen LogP contribution in [-0.2, 0) is 24.7 Å². The smallest absolute Gasteiger partial charge is 0.303 e. The Morgan fingerprint density at radius 2 is 1.28 bits per heavy atom. The van der Waals surface area contributed by atoms with Crippen LogP contribution in [0.3, 0.4) is 0 Å². The van der Waals surface area contributed by atoms with Crippen molar-refractivity contribution in [3.8, 4) is 11.5 Å². The lowest BCUT2D eigenvalue weighted by atomic mass is 9.80. The van der Waals surface area contributed by atoms with Gasteiger partial charge in [-0.3, -0.25) is 14.4 Å². The van der Waals surface area contributed by atoms with E-state index in [0.717, 1.165) is 41.0 Å². The molecule has 1 amide bonds. The van der Waals surface area contributed by atoms with Crippen LogP contribution in [0.4, 0.5) is 0 Å². The number of carbonyl (C=O) groups is 3. The van der Waals surface area contributed by atoms with Crippen LogP contribution in [-0.4, -0.2) is 72.3 Å². The summed E-state index contributed by atoms with van der Waals surface area (Å²) in [6.45, 7) is 0.461. The molecular weight excluding hydrogens is 586 g/mol. The van der Waals surface area contributed by atoms with Gasteiger partial charge in [-0.2, -0.15) is 0 Å². The summed E-state index contributed by atoms with van der Waals surface area (Å²) in [5.41, 5.74) is 1.68. The van der Waals surface area contributed by atoms with Gasteiger partial charge in [0.25, 0.3) is 0 Å². The molecule has 3 aromatic rings. The number of aliphatic hydroxyl groups excluding tert-OH is 1. The average molecular weight is 632 g/mol. The zero-order chi connectivity index (χ0) is 32.9. The number of aliphatic hydroxyl groups is 1. The van der Waals surface area contributed by atoms with Crippen LogP contribution < -0.4 is 9.47 Å². The van der Waals surface area contributed by atoms with E-state index in [1.807, 2.05) is 78.9 Å². The van der Waals surface area contributed by atoms with Crippen LogP contribution in [0.1, 0.15) is 74.5 Å². The molecule has 1 fully saturated rings. The molecule has 2 atom stereocenters. The van der Waals surface area contributed by atoms with Gasteiger partial charge in [0, 0.05) is 25.8 Å². The van der Waals surface area contributed by atoms with Crippen molar-refractivity contribution >= 4 is 17.7 Å². The van der Waals surface area contributed by atoms with Gasteiger partial charge >= 0.3 is 5.97 Å². The van der Waals surface area contributed by atoms with Crippen molar-refractivity contribution in [1.29, 1.82) is 0 Å². The maximum Gasteiger partial charge on any atom is 0.303 e. The quantitative estimate of drug-likeness (QED) is 0.135. The highest BCUT2D eigenvalue weighted by atomic mass is 16.5. The molecule has 0 radical (unpaired) electrons. The molecule has 2 N–H and O–H groups in total. The predicted octanol–water partition coefficient (Wildman–Crippen LogP) is 5.75. The van der Waals surface area contributed by atoms with Gasteiger partial charge in [-0.15, -0.1) is 0 Å². The minimum atomic E-state index is -1.02. The molecule has 1 unspecified atom stereocenters.